The predicted octanol–water partition coefficient (Wildman–Crippen LogP) is -0.664. The Morgan fingerprint density at radius 2 is 0.692 bits per heavy atom. The van der Waals surface area contributed by atoms with Gasteiger partial charge in [0.1, 0.15) is 0 Å². The molecule has 0 saturated carbocycles. The van der Waals surface area contributed by atoms with Gasteiger partial charge in [-0.25, -0.2) is 4.57 Å². The molecule has 0 atom stereocenters. The number of hydroxylamine groups is 6. The first-order valence-corrected chi connectivity index (χ1v) is 8.93. The lowest BCUT2D eigenvalue weighted by Crippen LogP contribution is -2.36. The highest BCUT2D eigenvalue weighted by molar-refractivity contribution is 7.48. The predicted molar refractivity (Wildman–Crippen MR) is 74.1 cm³/mol. The van der Waals surface area contributed by atoms with Crippen LogP contribution in [0.2, 0.25) is 0 Å². The number of hydrogen-bond acceptors (Lipinski definition) is 10. The van der Waals surface area contributed by atoms with Gasteiger partial charge in [0.15, 0.2) is 0 Å². The number of carbonyl (C=O) groups is 6. The molecule has 0 unspecified atom stereocenters. The van der Waals surface area contributed by atoms with Crippen molar-refractivity contribution >= 4 is 43.3 Å². The van der Waals surface area contributed by atoms with E-state index in [9.17, 15) is 33.3 Å². The normalized spacial score (nSPS) is 21.8. The number of imide groups is 3. The molecule has 0 spiro atoms. The van der Waals surface area contributed by atoms with Crippen molar-refractivity contribution in [3.8, 4) is 0 Å². The lowest BCUT2D eigenvalue weighted by Gasteiger charge is -2.25. The van der Waals surface area contributed by atoms with Crippen LogP contribution in [0.3, 0.4) is 0 Å². The second-order valence-electron chi connectivity index (χ2n) is 5.44. The highest BCUT2D eigenvalue weighted by atomic mass is 31.2. The van der Waals surface area contributed by atoms with Gasteiger partial charge in [0.25, 0.3) is 35.4 Å². The van der Waals surface area contributed by atoms with Gasteiger partial charge in [-0.05, 0) is 0 Å². The Hall–Kier alpha value is -2.47. The largest absolute Gasteiger partial charge is 0.541 e. The summed E-state index contributed by atoms with van der Waals surface area (Å²) in [6.45, 7) is 0. The lowest BCUT2D eigenvalue weighted by atomic mass is 10.4. The molecule has 3 aliphatic heterocycles. The molecule has 6 amide bonds. The highest BCUT2D eigenvalue weighted by Crippen LogP contribution is 2.53. The number of carbonyl (C=O) groups excluding carboxylic acids is 6. The van der Waals surface area contributed by atoms with Crippen LogP contribution < -0.4 is 0 Å². The molecule has 3 aliphatic rings. The summed E-state index contributed by atoms with van der Waals surface area (Å²) in [6, 6.07) is 0. The van der Waals surface area contributed by atoms with Crippen LogP contribution in [0.1, 0.15) is 38.5 Å². The van der Waals surface area contributed by atoms with E-state index >= 15 is 0 Å². The topological polar surface area (TPSA) is 157 Å². The number of phosphoric acid groups is 1. The monoisotopic (exact) mass is 389 g/mol. The van der Waals surface area contributed by atoms with Crippen molar-refractivity contribution in [1.29, 1.82) is 0 Å². The Morgan fingerprint density at radius 1 is 0.500 bits per heavy atom. The number of nitrogens with zero attached hydrogens (tertiary/aromatic N) is 3. The average molecular weight is 389 g/mol. The molecule has 0 aromatic rings. The zero-order chi connectivity index (χ0) is 19.1. The maximum Gasteiger partial charge on any atom is 0.541 e. The van der Waals surface area contributed by atoms with Gasteiger partial charge in [-0.1, -0.05) is 0 Å². The standard InChI is InChI=1S/C12H12N3O10P/c16-7-1-2-8(17)13(7)23-26(22,24-14-9(18)3-4-10(14)19)25-15-11(20)5-6-12(15)21/h1-6H2. The van der Waals surface area contributed by atoms with Crippen molar-refractivity contribution in [1.82, 2.24) is 15.2 Å². The fourth-order valence-corrected chi connectivity index (χ4v) is 3.52. The maximum absolute atomic E-state index is 12.8. The molecule has 14 heteroatoms. The fraction of sp³-hybridized carbons (Fsp3) is 0.500. The van der Waals surface area contributed by atoms with Crippen molar-refractivity contribution in [2.45, 2.75) is 38.5 Å². The first-order valence-electron chi connectivity index (χ1n) is 7.47. The van der Waals surface area contributed by atoms with E-state index in [1.54, 1.807) is 0 Å². The molecule has 3 saturated heterocycles. The van der Waals surface area contributed by atoms with E-state index in [1.807, 2.05) is 0 Å². The second kappa shape index (κ2) is 6.68. The van der Waals surface area contributed by atoms with Crippen LogP contribution in [-0.4, -0.2) is 50.6 Å². The van der Waals surface area contributed by atoms with E-state index in [4.69, 9.17) is 13.9 Å². The van der Waals surface area contributed by atoms with Crippen LogP contribution in [0.25, 0.3) is 0 Å². The summed E-state index contributed by atoms with van der Waals surface area (Å²) in [5.41, 5.74) is 0. The van der Waals surface area contributed by atoms with Crippen molar-refractivity contribution in [2.75, 3.05) is 0 Å². The molecule has 140 valence electrons. The number of rotatable bonds is 6. The van der Waals surface area contributed by atoms with Crippen molar-refractivity contribution < 1.29 is 47.2 Å². The summed E-state index contributed by atoms with van der Waals surface area (Å²) >= 11 is 0. The van der Waals surface area contributed by atoms with Gasteiger partial charge in [0.2, 0.25) is 0 Å². The Bertz CT molecular complexity index is 631. The fourth-order valence-electron chi connectivity index (χ4n) is 2.29. The van der Waals surface area contributed by atoms with E-state index in [0.29, 0.717) is 0 Å². The van der Waals surface area contributed by atoms with Gasteiger partial charge in [-0.15, -0.1) is 15.2 Å². The molecule has 0 aromatic carbocycles. The minimum Gasteiger partial charge on any atom is -0.272 e. The molecular formula is C12H12N3O10P. The molecular weight excluding hydrogens is 377 g/mol. The molecule has 3 heterocycles. The van der Waals surface area contributed by atoms with Gasteiger partial charge < -0.3 is 0 Å². The highest BCUT2D eigenvalue weighted by Gasteiger charge is 2.48. The van der Waals surface area contributed by atoms with Gasteiger partial charge in [0.05, 0.1) is 0 Å². The van der Waals surface area contributed by atoms with Crippen LogP contribution in [0.4, 0.5) is 0 Å². The van der Waals surface area contributed by atoms with E-state index in [2.05, 4.69) is 0 Å². The molecule has 3 fully saturated rings. The third-order valence-corrected chi connectivity index (χ3v) is 4.65. The van der Waals surface area contributed by atoms with Crippen LogP contribution in [0.15, 0.2) is 0 Å². The SMILES string of the molecule is O=C1CCC(=O)N1OP(=O)(ON1C(=O)CCC1=O)ON1C(=O)CCC1=O. The van der Waals surface area contributed by atoms with Gasteiger partial charge in [-0.2, -0.15) is 13.9 Å². The zero-order valence-electron chi connectivity index (χ0n) is 13.1. The van der Waals surface area contributed by atoms with Gasteiger partial charge in [-0.3, -0.25) is 28.8 Å². The Balaban J connectivity index is 1.85. The third-order valence-electron chi connectivity index (χ3n) is 3.56. The summed E-state index contributed by atoms with van der Waals surface area (Å²) < 4.78 is 26.9. The minimum atomic E-state index is -5.14. The van der Waals surface area contributed by atoms with E-state index in [-0.39, 0.29) is 53.7 Å². The first-order chi connectivity index (χ1) is 12.2. The number of amides is 6. The van der Waals surface area contributed by atoms with E-state index < -0.39 is 43.3 Å². The quantitative estimate of drug-likeness (QED) is 0.422. The summed E-state index contributed by atoms with van der Waals surface area (Å²) in [5, 5.41) is 0.282. The van der Waals surface area contributed by atoms with Crippen LogP contribution in [0.5, 0.6) is 0 Å². The Kier molecular flexibility index (Phi) is 4.71. The average Bonchev–Trinajstić information content (AvgIpc) is 3.18. The number of hydrogen-bond donors (Lipinski definition) is 0. The van der Waals surface area contributed by atoms with Crippen LogP contribution in [-0.2, 0) is 47.2 Å². The third kappa shape index (κ3) is 3.42. The molecule has 26 heavy (non-hydrogen) atoms. The zero-order valence-corrected chi connectivity index (χ0v) is 14.0. The van der Waals surface area contributed by atoms with Crippen molar-refractivity contribution in [2.24, 2.45) is 0 Å². The molecule has 0 bridgehead atoms. The lowest BCUT2D eigenvalue weighted by molar-refractivity contribution is -0.197. The summed E-state index contributed by atoms with van der Waals surface area (Å²) in [4.78, 5) is 69.9. The molecule has 0 aromatic heterocycles. The molecule has 0 N–H and O–H groups in total. The van der Waals surface area contributed by atoms with Crippen molar-refractivity contribution in [3.63, 3.8) is 0 Å². The molecule has 0 aliphatic carbocycles. The Morgan fingerprint density at radius 3 is 0.885 bits per heavy atom. The van der Waals surface area contributed by atoms with E-state index in [0.717, 1.165) is 0 Å². The van der Waals surface area contributed by atoms with Gasteiger partial charge >= 0.3 is 7.82 Å². The molecule has 0 radical (unpaired) electrons. The van der Waals surface area contributed by atoms with Crippen LogP contribution in [0, 0.1) is 0 Å². The minimum absolute atomic E-state index is 0.0941. The summed E-state index contributed by atoms with van der Waals surface area (Å²) in [6.07, 6.45) is -1.40. The Labute approximate surface area is 145 Å². The smallest absolute Gasteiger partial charge is 0.272 e. The first kappa shape index (κ1) is 18.3. The molecule has 13 nitrogen and oxygen atoms in total. The van der Waals surface area contributed by atoms with E-state index in [1.165, 1.54) is 0 Å². The molecule has 3 rings (SSSR count). The van der Waals surface area contributed by atoms with Crippen LogP contribution >= 0.6 is 7.82 Å². The summed E-state index contributed by atoms with van der Waals surface area (Å²) in [5.74, 6) is -5.25. The second-order valence-corrected chi connectivity index (χ2v) is 6.82. The summed E-state index contributed by atoms with van der Waals surface area (Å²) in [7, 11) is -5.14. The maximum atomic E-state index is 12.8. The van der Waals surface area contributed by atoms with Gasteiger partial charge in [0, 0.05) is 38.5 Å². The van der Waals surface area contributed by atoms with Crippen molar-refractivity contribution in [3.05, 3.63) is 0 Å².